The number of fused-ring (bicyclic) bond motifs is 1. The van der Waals surface area contributed by atoms with Gasteiger partial charge >= 0.3 is 0 Å². The highest BCUT2D eigenvalue weighted by Crippen LogP contribution is 2.18. The molecule has 1 fully saturated rings. The number of nitrogens with zero attached hydrogens (tertiary/aromatic N) is 3. The van der Waals surface area contributed by atoms with Gasteiger partial charge < -0.3 is 9.47 Å². The maximum Gasteiger partial charge on any atom is 0.135 e. The number of aromatic nitrogens is 2. The summed E-state index contributed by atoms with van der Waals surface area (Å²) in [5, 5.41) is 7.77. The van der Waals surface area contributed by atoms with E-state index in [1.54, 1.807) is 7.11 Å². The first kappa shape index (κ1) is 16.1. The predicted octanol–water partition coefficient (Wildman–Crippen LogP) is 2.67. The molecule has 0 unspecified atom stereocenters. The lowest BCUT2D eigenvalue weighted by atomic mass is 10.1. The van der Waals surface area contributed by atoms with Gasteiger partial charge in [0.15, 0.2) is 0 Å². The van der Waals surface area contributed by atoms with Crippen LogP contribution in [0.5, 0.6) is 5.75 Å². The summed E-state index contributed by atoms with van der Waals surface area (Å²) in [6, 6.07) is 14.3. The fourth-order valence-corrected chi connectivity index (χ4v) is 3.26. The van der Waals surface area contributed by atoms with Crippen LogP contribution in [-0.4, -0.2) is 48.1 Å². The summed E-state index contributed by atoms with van der Waals surface area (Å²) in [5.74, 6) is 0.882. The third kappa shape index (κ3) is 3.81. The molecule has 4 rings (SSSR count). The van der Waals surface area contributed by atoms with Crippen molar-refractivity contribution in [2.75, 3.05) is 26.8 Å². The van der Waals surface area contributed by atoms with Crippen molar-refractivity contribution in [3.8, 4) is 5.75 Å². The van der Waals surface area contributed by atoms with Crippen LogP contribution in [0.4, 0.5) is 0 Å². The van der Waals surface area contributed by atoms with Crippen molar-refractivity contribution >= 4 is 11.0 Å². The van der Waals surface area contributed by atoms with Crippen molar-refractivity contribution in [1.82, 2.24) is 15.2 Å². The number of rotatable bonds is 5. The number of ether oxygens (including phenoxy) is 2. The van der Waals surface area contributed by atoms with Crippen LogP contribution in [0.25, 0.3) is 11.0 Å². The van der Waals surface area contributed by atoms with Gasteiger partial charge in [-0.1, -0.05) is 18.2 Å². The molecule has 0 bridgehead atoms. The molecule has 0 spiro atoms. The van der Waals surface area contributed by atoms with Crippen LogP contribution >= 0.6 is 0 Å². The second-order valence-electron chi connectivity index (χ2n) is 6.37. The Hall–Kier alpha value is -2.44. The van der Waals surface area contributed by atoms with Crippen molar-refractivity contribution in [2.24, 2.45) is 0 Å². The van der Waals surface area contributed by atoms with E-state index in [-0.39, 0.29) is 6.10 Å². The second kappa shape index (κ2) is 7.21. The van der Waals surface area contributed by atoms with Crippen LogP contribution in [-0.2, 0) is 17.7 Å². The van der Waals surface area contributed by atoms with Gasteiger partial charge in [0.05, 0.1) is 19.8 Å². The van der Waals surface area contributed by atoms with Gasteiger partial charge in [-0.3, -0.25) is 4.90 Å². The fourth-order valence-electron chi connectivity index (χ4n) is 3.26. The smallest absolute Gasteiger partial charge is 0.135 e. The van der Waals surface area contributed by atoms with Crippen LogP contribution in [0.15, 0.2) is 47.1 Å². The number of morpholine rings is 1. The molecule has 1 saturated heterocycles. The van der Waals surface area contributed by atoms with Gasteiger partial charge in [0.2, 0.25) is 0 Å². The summed E-state index contributed by atoms with van der Waals surface area (Å²) in [6.45, 7) is 3.50. The SMILES string of the molecule is COc1ccc(C[C@@H]2CN(Cc3ccc4nonc4c3)CCO2)cc1. The van der Waals surface area contributed by atoms with E-state index in [1.165, 1.54) is 11.1 Å². The predicted molar refractivity (Wildman–Crippen MR) is 93.5 cm³/mol. The highest BCUT2D eigenvalue weighted by Gasteiger charge is 2.21. The van der Waals surface area contributed by atoms with Gasteiger partial charge in [-0.15, -0.1) is 0 Å². The highest BCUT2D eigenvalue weighted by atomic mass is 16.6. The fraction of sp³-hybridized carbons (Fsp3) is 0.368. The van der Waals surface area contributed by atoms with Crippen molar-refractivity contribution in [3.63, 3.8) is 0 Å². The third-order valence-electron chi connectivity index (χ3n) is 4.57. The molecule has 1 atom stereocenters. The minimum Gasteiger partial charge on any atom is -0.497 e. The standard InChI is InChI=1S/C19H21N3O3/c1-23-16-5-2-14(3-6-16)10-17-13-22(8-9-24-17)12-15-4-7-18-19(11-15)21-25-20-18/h2-7,11,17H,8-10,12-13H2,1H3/t17-/m1/s1. The minimum absolute atomic E-state index is 0.208. The lowest BCUT2D eigenvalue weighted by Crippen LogP contribution is -2.42. The van der Waals surface area contributed by atoms with Crippen LogP contribution in [0.1, 0.15) is 11.1 Å². The second-order valence-corrected chi connectivity index (χ2v) is 6.37. The van der Waals surface area contributed by atoms with E-state index in [2.05, 4.69) is 33.4 Å². The number of benzene rings is 2. The molecule has 1 aromatic heterocycles. The first-order valence-electron chi connectivity index (χ1n) is 8.48. The normalized spacial score (nSPS) is 18.5. The Morgan fingerprint density at radius 2 is 1.88 bits per heavy atom. The monoisotopic (exact) mass is 339 g/mol. The summed E-state index contributed by atoms with van der Waals surface area (Å²) in [5.41, 5.74) is 4.08. The van der Waals surface area contributed by atoms with Crippen molar-refractivity contribution in [2.45, 2.75) is 19.1 Å². The Kier molecular flexibility index (Phi) is 4.63. The Morgan fingerprint density at radius 1 is 1.08 bits per heavy atom. The topological polar surface area (TPSA) is 60.6 Å². The van der Waals surface area contributed by atoms with Crippen molar-refractivity contribution in [1.29, 1.82) is 0 Å². The lowest BCUT2D eigenvalue weighted by Gasteiger charge is -2.33. The summed E-state index contributed by atoms with van der Waals surface area (Å²) < 4.78 is 15.9. The van der Waals surface area contributed by atoms with E-state index in [0.717, 1.165) is 49.4 Å². The first-order valence-corrected chi connectivity index (χ1v) is 8.48. The van der Waals surface area contributed by atoms with Gasteiger partial charge in [0, 0.05) is 19.6 Å². The van der Waals surface area contributed by atoms with Gasteiger partial charge in [0.25, 0.3) is 0 Å². The van der Waals surface area contributed by atoms with E-state index < -0.39 is 0 Å². The average Bonchev–Trinajstić information content (AvgIpc) is 3.10. The van der Waals surface area contributed by atoms with Gasteiger partial charge in [-0.25, -0.2) is 4.63 Å². The Labute approximate surface area is 146 Å². The van der Waals surface area contributed by atoms with Crippen LogP contribution in [0.3, 0.4) is 0 Å². The van der Waals surface area contributed by atoms with Gasteiger partial charge in [-0.05, 0) is 52.1 Å². The maximum atomic E-state index is 5.95. The maximum absolute atomic E-state index is 5.95. The molecule has 2 aromatic carbocycles. The highest BCUT2D eigenvalue weighted by molar-refractivity contribution is 5.73. The van der Waals surface area contributed by atoms with Crippen LogP contribution in [0.2, 0.25) is 0 Å². The molecule has 1 aliphatic heterocycles. The van der Waals surface area contributed by atoms with E-state index in [4.69, 9.17) is 14.1 Å². The number of hydrogen-bond acceptors (Lipinski definition) is 6. The third-order valence-corrected chi connectivity index (χ3v) is 4.57. The molecule has 0 N–H and O–H groups in total. The van der Waals surface area contributed by atoms with Crippen molar-refractivity contribution in [3.05, 3.63) is 53.6 Å². The zero-order valence-corrected chi connectivity index (χ0v) is 14.2. The molecule has 2 heterocycles. The average molecular weight is 339 g/mol. The molecular weight excluding hydrogens is 318 g/mol. The van der Waals surface area contributed by atoms with Crippen molar-refractivity contribution < 1.29 is 14.1 Å². The van der Waals surface area contributed by atoms with Crippen LogP contribution in [0, 0.1) is 0 Å². The van der Waals surface area contributed by atoms with E-state index in [0.29, 0.717) is 0 Å². The summed E-state index contributed by atoms with van der Waals surface area (Å²) >= 11 is 0. The molecule has 0 amide bonds. The molecule has 6 heteroatoms. The van der Waals surface area contributed by atoms with E-state index in [9.17, 15) is 0 Å². The molecule has 0 aliphatic carbocycles. The Bertz CT molecular complexity index is 831. The Balaban J connectivity index is 1.38. The molecule has 1 aliphatic rings. The summed E-state index contributed by atoms with van der Waals surface area (Å²) in [6.07, 6.45) is 1.12. The summed E-state index contributed by atoms with van der Waals surface area (Å²) in [4.78, 5) is 2.42. The molecule has 0 radical (unpaired) electrons. The van der Waals surface area contributed by atoms with Crippen LogP contribution < -0.4 is 4.74 Å². The quantitative estimate of drug-likeness (QED) is 0.712. The minimum atomic E-state index is 0.208. The number of methoxy groups -OCH3 is 1. The zero-order chi connectivity index (χ0) is 17.1. The molecule has 130 valence electrons. The molecule has 0 saturated carbocycles. The molecule has 3 aromatic rings. The van der Waals surface area contributed by atoms with E-state index in [1.807, 2.05) is 24.3 Å². The first-order chi connectivity index (χ1) is 12.3. The van der Waals surface area contributed by atoms with Gasteiger partial charge in [-0.2, -0.15) is 0 Å². The molecular formula is C19H21N3O3. The lowest BCUT2D eigenvalue weighted by molar-refractivity contribution is -0.0304. The van der Waals surface area contributed by atoms with Gasteiger partial charge in [0.1, 0.15) is 16.8 Å². The number of hydrogen-bond donors (Lipinski definition) is 0. The largest absolute Gasteiger partial charge is 0.497 e. The molecule has 6 nitrogen and oxygen atoms in total. The summed E-state index contributed by atoms with van der Waals surface area (Å²) in [7, 11) is 1.68. The molecule has 25 heavy (non-hydrogen) atoms. The Morgan fingerprint density at radius 3 is 2.72 bits per heavy atom. The van der Waals surface area contributed by atoms with E-state index >= 15 is 0 Å². The zero-order valence-electron chi connectivity index (χ0n) is 14.2.